The minimum Gasteiger partial charge on any atom is -0.378 e. The zero-order valence-corrected chi connectivity index (χ0v) is 20.0. The van der Waals surface area contributed by atoms with Crippen LogP contribution in [0.25, 0.3) is 5.69 Å². The summed E-state index contributed by atoms with van der Waals surface area (Å²) >= 11 is 1.38. The van der Waals surface area contributed by atoms with Crippen molar-refractivity contribution in [2.24, 2.45) is 0 Å². The molecule has 176 valence electrons. The normalized spacial score (nSPS) is 16.3. The number of aromatic nitrogens is 3. The van der Waals surface area contributed by atoms with Gasteiger partial charge in [-0.3, -0.25) is 14.2 Å². The van der Waals surface area contributed by atoms with Crippen LogP contribution in [0.1, 0.15) is 28.8 Å². The van der Waals surface area contributed by atoms with Gasteiger partial charge in [0, 0.05) is 37.3 Å². The molecule has 0 N–H and O–H groups in total. The molecule has 9 heteroatoms. The number of ketones is 1. The van der Waals surface area contributed by atoms with Crippen LogP contribution in [0.2, 0.25) is 0 Å². The number of hydrogen-bond donors (Lipinski definition) is 0. The summed E-state index contributed by atoms with van der Waals surface area (Å²) in [7, 11) is 0. The summed E-state index contributed by atoms with van der Waals surface area (Å²) in [5, 5.41) is 9.62. The highest BCUT2D eigenvalue weighted by molar-refractivity contribution is 7.99. The van der Waals surface area contributed by atoms with E-state index >= 15 is 0 Å². The van der Waals surface area contributed by atoms with E-state index in [1.54, 1.807) is 11.0 Å². The largest absolute Gasteiger partial charge is 0.378 e. The number of morpholine rings is 1. The van der Waals surface area contributed by atoms with E-state index in [4.69, 9.17) is 4.74 Å². The number of thioether (sulfide) groups is 1. The third-order valence-corrected chi connectivity index (χ3v) is 7.08. The Morgan fingerprint density at radius 2 is 1.88 bits per heavy atom. The minimum atomic E-state index is -0.00856. The lowest BCUT2D eigenvalue weighted by Crippen LogP contribution is -2.38. The number of carbonyl (C=O) groups excluding carboxylic acids is 2. The molecule has 0 aliphatic carbocycles. The van der Waals surface area contributed by atoms with Gasteiger partial charge in [-0.15, -0.1) is 10.2 Å². The van der Waals surface area contributed by atoms with E-state index in [9.17, 15) is 9.59 Å². The Balaban J connectivity index is 1.38. The van der Waals surface area contributed by atoms with Gasteiger partial charge in [-0.1, -0.05) is 42.1 Å². The van der Waals surface area contributed by atoms with Crippen LogP contribution in [0.5, 0.6) is 0 Å². The SMILES string of the molecule is Cc1ccccc1-n1c(SCC(=O)c2cccc(N3CCCC3=O)c2)nnc1N1CCOCC1. The zero-order chi connectivity index (χ0) is 23.5. The van der Waals surface area contributed by atoms with Crippen molar-refractivity contribution in [2.75, 3.05) is 48.4 Å². The van der Waals surface area contributed by atoms with Gasteiger partial charge in [0.1, 0.15) is 0 Å². The van der Waals surface area contributed by atoms with Crippen molar-refractivity contribution in [1.29, 1.82) is 0 Å². The maximum atomic E-state index is 13.1. The van der Waals surface area contributed by atoms with Gasteiger partial charge >= 0.3 is 0 Å². The molecule has 3 heterocycles. The molecule has 3 aromatic rings. The third-order valence-electron chi connectivity index (χ3n) is 6.15. The number of nitrogens with zero attached hydrogens (tertiary/aromatic N) is 5. The van der Waals surface area contributed by atoms with E-state index in [0.29, 0.717) is 36.9 Å². The summed E-state index contributed by atoms with van der Waals surface area (Å²) in [6.45, 7) is 5.55. The van der Waals surface area contributed by atoms with Crippen molar-refractivity contribution in [3.05, 3.63) is 59.7 Å². The summed E-state index contributed by atoms with van der Waals surface area (Å²) in [5.41, 5.74) is 3.49. The van der Waals surface area contributed by atoms with Gasteiger partial charge in [0.2, 0.25) is 11.9 Å². The number of rotatable bonds is 7. The topological polar surface area (TPSA) is 80.6 Å². The lowest BCUT2D eigenvalue weighted by atomic mass is 10.1. The Kier molecular flexibility index (Phi) is 6.64. The number of aryl methyl sites for hydroxylation is 1. The highest BCUT2D eigenvalue weighted by Gasteiger charge is 2.24. The second kappa shape index (κ2) is 9.99. The number of benzene rings is 2. The first kappa shape index (κ1) is 22.6. The first-order valence-corrected chi connectivity index (χ1v) is 12.5. The number of hydrogen-bond acceptors (Lipinski definition) is 7. The number of ether oxygens (including phenoxy) is 1. The van der Waals surface area contributed by atoms with Crippen LogP contribution in [0.3, 0.4) is 0 Å². The lowest BCUT2D eigenvalue weighted by molar-refractivity contribution is -0.117. The number of Topliss-reactive ketones (excluding diaryl/α,β-unsaturated/α-hetero) is 1. The van der Waals surface area contributed by atoms with Crippen LogP contribution < -0.4 is 9.80 Å². The molecule has 0 unspecified atom stereocenters. The van der Waals surface area contributed by atoms with Crippen molar-refractivity contribution in [3.63, 3.8) is 0 Å². The van der Waals surface area contributed by atoms with Gasteiger partial charge in [0.15, 0.2) is 10.9 Å². The Hall–Kier alpha value is -3.17. The molecule has 0 bridgehead atoms. The Morgan fingerprint density at radius 1 is 1.06 bits per heavy atom. The summed E-state index contributed by atoms with van der Waals surface area (Å²) in [4.78, 5) is 29.1. The second-order valence-corrected chi connectivity index (χ2v) is 9.36. The van der Waals surface area contributed by atoms with Crippen molar-refractivity contribution in [2.45, 2.75) is 24.9 Å². The Labute approximate surface area is 202 Å². The predicted molar refractivity (Wildman–Crippen MR) is 132 cm³/mol. The Bertz CT molecular complexity index is 1200. The summed E-state index contributed by atoms with van der Waals surface area (Å²) < 4.78 is 7.54. The van der Waals surface area contributed by atoms with Gasteiger partial charge in [-0.2, -0.15) is 0 Å². The fourth-order valence-electron chi connectivity index (χ4n) is 4.33. The molecule has 1 amide bonds. The van der Waals surface area contributed by atoms with Crippen LogP contribution in [0, 0.1) is 6.92 Å². The van der Waals surface area contributed by atoms with Crippen molar-refractivity contribution < 1.29 is 14.3 Å². The first-order valence-electron chi connectivity index (χ1n) is 11.5. The molecular formula is C25H27N5O3S. The van der Waals surface area contributed by atoms with Crippen LogP contribution >= 0.6 is 11.8 Å². The molecule has 2 fully saturated rings. The fourth-order valence-corrected chi connectivity index (χ4v) is 5.17. The quantitative estimate of drug-likeness (QED) is 0.380. The molecule has 0 atom stereocenters. The maximum absolute atomic E-state index is 13.1. The molecule has 0 radical (unpaired) electrons. The lowest BCUT2D eigenvalue weighted by Gasteiger charge is -2.28. The molecule has 2 aliphatic heterocycles. The van der Waals surface area contributed by atoms with Gasteiger partial charge in [0.05, 0.1) is 24.7 Å². The van der Waals surface area contributed by atoms with E-state index < -0.39 is 0 Å². The number of anilines is 2. The first-order chi connectivity index (χ1) is 16.6. The average molecular weight is 478 g/mol. The van der Waals surface area contributed by atoms with Gasteiger partial charge in [-0.25, -0.2) is 0 Å². The molecule has 8 nitrogen and oxygen atoms in total. The monoisotopic (exact) mass is 477 g/mol. The smallest absolute Gasteiger partial charge is 0.232 e. The predicted octanol–water partition coefficient (Wildman–Crippen LogP) is 3.51. The van der Waals surface area contributed by atoms with E-state index in [1.807, 2.05) is 41.0 Å². The molecule has 2 aromatic carbocycles. The fraction of sp³-hybridized carbons (Fsp3) is 0.360. The highest BCUT2D eigenvalue weighted by atomic mass is 32.2. The van der Waals surface area contributed by atoms with E-state index in [2.05, 4.69) is 28.1 Å². The Morgan fingerprint density at radius 3 is 2.65 bits per heavy atom. The van der Waals surface area contributed by atoms with Crippen molar-refractivity contribution in [3.8, 4) is 5.69 Å². The van der Waals surface area contributed by atoms with Gasteiger partial charge in [0.25, 0.3) is 0 Å². The van der Waals surface area contributed by atoms with Crippen LogP contribution in [-0.2, 0) is 9.53 Å². The van der Waals surface area contributed by atoms with Gasteiger partial charge in [-0.05, 0) is 37.1 Å². The zero-order valence-electron chi connectivity index (χ0n) is 19.1. The second-order valence-electron chi connectivity index (χ2n) is 8.42. The van der Waals surface area contributed by atoms with E-state index in [-0.39, 0.29) is 17.4 Å². The molecule has 34 heavy (non-hydrogen) atoms. The van der Waals surface area contributed by atoms with Crippen molar-refractivity contribution in [1.82, 2.24) is 14.8 Å². The highest BCUT2D eigenvalue weighted by Crippen LogP contribution is 2.30. The molecule has 0 saturated carbocycles. The van der Waals surface area contributed by atoms with Crippen LogP contribution in [0.15, 0.2) is 53.7 Å². The molecule has 2 aliphatic rings. The van der Waals surface area contributed by atoms with Crippen molar-refractivity contribution >= 4 is 35.1 Å². The molecule has 5 rings (SSSR count). The van der Waals surface area contributed by atoms with Gasteiger partial charge < -0.3 is 14.5 Å². The van der Waals surface area contributed by atoms with Crippen LogP contribution in [-0.4, -0.2) is 65.1 Å². The summed E-state index contributed by atoms with van der Waals surface area (Å²) in [6, 6.07) is 15.5. The number of para-hydroxylation sites is 1. The third kappa shape index (κ3) is 4.58. The number of carbonyl (C=O) groups is 2. The maximum Gasteiger partial charge on any atom is 0.232 e. The summed E-state index contributed by atoms with van der Waals surface area (Å²) in [5.74, 6) is 1.10. The molecule has 2 saturated heterocycles. The average Bonchev–Trinajstić information content (AvgIpc) is 3.49. The van der Waals surface area contributed by atoms with Crippen LogP contribution in [0.4, 0.5) is 11.6 Å². The number of amides is 1. The van der Waals surface area contributed by atoms with E-state index in [1.165, 1.54) is 11.8 Å². The molecule has 0 spiro atoms. The summed E-state index contributed by atoms with van der Waals surface area (Å²) in [6.07, 6.45) is 1.42. The molecular weight excluding hydrogens is 450 g/mol. The minimum absolute atomic E-state index is 0.00856. The van der Waals surface area contributed by atoms with E-state index in [0.717, 1.165) is 42.4 Å². The molecule has 1 aromatic heterocycles. The standard InChI is InChI=1S/C25H27N5O3S/c1-18-6-2-3-9-21(18)30-24(28-12-14-33-15-13-28)26-27-25(30)34-17-22(31)19-7-4-8-20(16-19)29-11-5-10-23(29)32/h2-4,6-9,16H,5,10-15,17H2,1H3.